The molecule has 1 fully saturated rings. The van der Waals surface area contributed by atoms with Crippen LogP contribution in [-0.2, 0) is 6.54 Å². The number of benzene rings is 3. The Morgan fingerprint density at radius 1 is 0.750 bits per heavy atom. The summed E-state index contributed by atoms with van der Waals surface area (Å²) in [4.78, 5) is 4.83. The maximum absolute atomic E-state index is 11.0. The van der Waals surface area contributed by atoms with Crippen molar-refractivity contribution in [1.82, 2.24) is 14.4 Å². The fourth-order valence-corrected chi connectivity index (χ4v) is 5.21. The van der Waals surface area contributed by atoms with Gasteiger partial charge in [-0.2, -0.15) is 0 Å². The Labute approximate surface area is 234 Å². The smallest absolute Gasteiger partial charge is 0.0845 e. The van der Waals surface area contributed by atoms with E-state index in [4.69, 9.17) is 23.2 Å². The Morgan fingerprint density at radius 2 is 1.31 bits per heavy atom. The Kier molecular flexibility index (Phi) is 10.5. The van der Waals surface area contributed by atoms with E-state index in [1.165, 1.54) is 5.56 Å². The summed E-state index contributed by atoms with van der Waals surface area (Å²) in [5.41, 5.74) is 3.37. The molecule has 1 aliphatic heterocycles. The number of halogens is 4. The number of nitrogens with zero attached hydrogens (tertiary/aromatic N) is 3. The summed E-state index contributed by atoms with van der Waals surface area (Å²) in [6, 6.07) is 22.2. The van der Waals surface area contributed by atoms with E-state index in [0.29, 0.717) is 23.1 Å². The molecule has 5 rings (SSSR count). The molecule has 0 radical (unpaired) electrons. The number of aromatic nitrogens is 1. The zero-order chi connectivity index (χ0) is 23.5. The molecule has 0 spiro atoms. The normalized spacial score (nSPS) is 15.8. The standard InChI is InChI=1S/C28H29Cl2N3O.2ClH/c29-22-8-10-27-25(17-22)26-18-23(30)9-11-28(26)33(27)20-24(34)19-32-15-13-31(14-16-32)12-4-7-21-5-2-1-3-6-21;;/h1-11,17-18,24,34H,12-16,19-20H2;2*1H. The zero-order valence-electron chi connectivity index (χ0n) is 19.9. The molecule has 36 heavy (non-hydrogen) atoms. The molecule has 1 aromatic heterocycles. The summed E-state index contributed by atoms with van der Waals surface area (Å²) < 4.78 is 2.19. The molecule has 1 N–H and O–H groups in total. The summed E-state index contributed by atoms with van der Waals surface area (Å²) in [5.74, 6) is 0. The molecule has 1 saturated heterocycles. The molecule has 3 aromatic carbocycles. The van der Waals surface area contributed by atoms with Crippen molar-refractivity contribution in [3.8, 4) is 0 Å². The van der Waals surface area contributed by atoms with Crippen LogP contribution in [0.3, 0.4) is 0 Å². The maximum atomic E-state index is 11.0. The van der Waals surface area contributed by atoms with Gasteiger partial charge in [0, 0.05) is 71.1 Å². The summed E-state index contributed by atoms with van der Waals surface area (Å²) >= 11 is 12.5. The van der Waals surface area contributed by atoms with Crippen molar-refractivity contribution >= 4 is 75.9 Å². The molecule has 2 heterocycles. The van der Waals surface area contributed by atoms with Gasteiger partial charge >= 0.3 is 0 Å². The van der Waals surface area contributed by atoms with E-state index in [9.17, 15) is 5.11 Å². The van der Waals surface area contributed by atoms with Gasteiger partial charge in [-0.3, -0.25) is 9.80 Å². The Bertz CT molecular complexity index is 1240. The summed E-state index contributed by atoms with van der Waals surface area (Å²) in [5, 5.41) is 14.5. The highest BCUT2D eigenvalue weighted by Crippen LogP contribution is 2.33. The average molecular weight is 567 g/mol. The summed E-state index contributed by atoms with van der Waals surface area (Å²) in [6.45, 7) is 6.11. The van der Waals surface area contributed by atoms with Crippen molar-refractivity contribution in [2.24, 2.45) is 0 Å². The number of rotatable bonds is 7. The lowest BCUT2D eigenvalue weighted by molar-refractivity contribution is 0.0688. The van der Waals surface area contributed by atoms with Crippen LogP contribution >= 0.6 is 48.0 Å². The Hall–Kier alpha value is -1.76. The number of β-amino-alcohol motifs (C(OH)–C–C–N with tert-alkyl or cyclic N) is 1. The van der Waals surface area contributed by atoms with E-state index >= 15 is 0 Å². The van der Waals surface area contributed by atoms with E-state index < -0.39 is 6.10 Å². The van der Waals surface area contributed by atoms with Gasteiger partial charge < -0.3 is 9.67 Å². The minimum atomic E-state index is -0.463. The topological polar surface area (TPSA) is 31.6 Å². The minimum absolute atomic E-state index is 0. The van der Waals surface area contributed by atoms with Crippen LogP contribution in [0.4, 0.5) is 0 Å². The molecule has 4 nitrogen and oxygen atoms in total. The lowest BCUT2D eigenvalue weighted by atomic mass is 10.1. The second-order valence-corrected chi connectivity index (χ2v) is 9.87. The molecule has 8 heteroatoms. The number of piperazine rings is 1. The monoisotopic (exact) mass is 565 g/mol. The third kappa shape index (κ3) is 6.76. The molecule has 0 saturated carbocycles. The van der Waals surface area contributed by atoms with Crippen LogP contribution in [0.5, 0.6) is 0 Å². The van der Waals surface area contributed by atoms with Crippen LogP contribution in [-0.4, -0.2) is 64.8 Å². The molecule has 0 amide bonds. The first-order valence-corrected chi connectivity index (χ1v) is 12.5. The second-order valence-electron chi connectivity index (χ2n) is 9.00. The number of aliphatic hydroxyl groups excluding tert-OH is 1. The molecule has 4 aromatic rings. The van der Waals surface area contributed by atoms with E-state index in [2.05, 4.69) is 50.8 Å². The molecule has 0 aliphatic carbocycles. The lowest BCUT2D eigenvalue weighted by Gasteiger charge is -2.35. The summed E-state index contributed by atoms with van der Waals surface area (Å²) in [6.07, 6.45) is 3.96. The van der Waals surface area contributed by atoms with Gasteiger partial charge in [0.1, 0.15) is 0 Å². The van der Waals surface area contributed by atoms with Crippen LogP contribution < -0.4 is 0 Å². The van der Waals surface area contributed by atoms with Crippen molar-refractivity contribution < 1.29 is 5.11 Å². The first-order chi connectivity index (χ1) is 16.6. The third-order valence-corrected chi connectivity index (χ3v) is 7.06. The predicted molar refractivity (Wildman–Crippen MR) is 158 cm³/mol. The quantitative estimate of drug-likeness (QED) is 0.272. The van der Waals surface area contributed by atoms with Gasteiger partial charge in [0.05, 0.1) is 12.6 Å². The van der Waals surface area contributed by atoms with Crippen molar-refractivity contribution in [2.75, 3.05) is 39.3 Å². The first-order valence-electron chi connectivity index (χ1n) is 11.8. The molecule has 1 atom stereocenters. The van der Waals surface area contributed by atoms with Crippen LogP contribution in [0.15, 0.2) is 72.8 Å². The van der Waals surface area contributed by atoms with Gasteiger partial charge in [-0.1, -0.05) is 65.7 Å². The highest BCUT2D eigenvalue weighted by molar-refractivity contribution is 6.33. The van der Waals surface area contributed by atoms with Crippen LogP contribution in [0.2, 0.25) is 10.0 Å². The minimum Gasteiger partial charge on any atom is -0.390 e. The van der Waals surface area contributed by atoms with Crippen LogP contribution in [0, 0.1) is 0 Å². The van der Waals surface area contributed by atoms with Crippen LogP contribution in [0.25, 0.3) is 27.9 Å². The highest BCUT2D eigenvalue weighted by Gasteiger charge is 2.20. The summed E-state index contributed by atoms with van der Waals surface area (Å²) in [7, 11) is 0. The van der Waals surface area contributed by atoms with Crippen molar-refractivity contribution in [3.05, 3.63) is 88.4 Å². The third-order valence-electron chi connectivity index (χ3n) is 6.59. The van der Waals surface area contributed by atoms with Gasteiger partial charge in [-0.05, 0) is 42.0 Å². The zero-order valence-corrected chi connectivity index (χ0v) is 23.0. The van der Waals surface area contributed by atoms with Gasteiger partial charge in [0.25, 0.3) is 0 Å². The van der Waals surface area contributed by atoms with Gasteiger partial charge in [0.2, 0.25) is 0 Å². The molecular weight excluding hydrogens is 536 g/mol. The van der Waals surface area contributed by atoms with Crippen LogP contribution in [0.1, 0.15) is 5.56 Å². The molecular formula is C28H31Cl4N3O. The lowest BCUT2D eigenvalue weighted by Crippen LogP contribution is -2.48. The number of fused-ring (bicyclic) bond motifs is 3. The van der Waals surface area contributed by atoms with E-state index in [1.54, 1.807) is 0 Å². The molecule has 192 valence electrons. The van der Waals surface area contributed by atoms with E-state index in [-0.39, 0.29) is 24.8 Å². The Balaban J connectivity index is 0.00000180. The van der Waals surface area contributed by atoms with E-state index in [0.717, 1.165) is 54.5 Å². The number of hydrogen-bond donors (Lipinski definition) is 1. The number of hydrogen-bond acceptors (Lipinski definition) is 3. The maximum Gasteiger partial charge on any atom is 0.0845 e. The van der Waals surface area contributed by atoms with Crippen molar-refractivity contribution in [3.63, 3.8) is 0 Å². The van der Waals surface area contributed by atoms with Crippen molar-refractivity contribution in [1.29, 1.82) is 0 Å². The van der Waals surface area contributed by atoms with Gasteiger partial charge in [0.15, 0.2) is 0 Å². The molecule has 1 aliphatic rings. The molecule has 1 unspecified atom stereocenters. The fourth-order valence-electron chi connectivity index (χ4n) is 4.87. The van der Waals surface area contributed by atoms with Gasteiger partial charge in [-0.25, -0.2) is 0 Å². The van der Waals surface area contributed by atoms with Gasteiger partial charge in [-0.15, -0.1) is 24.8 Å². The fraction of sp³-hybridized carbons (Fsp3) is 0.286. The average Bonchev–Trinajstić information content (AvgIpc) is 3.12. The predicted octanol–water partition coefficient (Wildman–Crippen LogP) is 6.64. The van der Waals surface area contributed by atoms with E-state index in [1.807, 2.05) is 42.5 Å². The SMILES string of the molecule is Cl.Cl.OC(CN1CCN(CC=Cc2ccccc2)CC1)Cn1c2ccc(Cl)cc2c2cc(Cl)ccc21. The Morgan fingerprint density at radius 3 is 1.89 bits per heavy atom. The van der Waals surface area contributed by atoms with Crippen molar-refractivity contribution in [2.45, 2.75) is 12.6 Å². The number of aliphatic hydroxyl groups is 1. The first kappa shape index (κ1) is 28.8. The largest absolute Gasteiger partial charge is 0.390 e. The highest BCUT2D eigenvalue weighted by atomic mass is 35.5. The second kappa shape index (κ2) is 13.2. The molecule has 0 bridgehead atoms.